The molecule has 2 saturated heterocycles. The summed E-state index contributed by atoms with van der Waals surface area (Å²) in [4.78, 5) is -0.309. The van der Waals surface area contributed by atoms with Crippen molar-refractivity contribution < 1.29 is 19.7 Å². The van der Waals surface area contributed by atoms with Crippen molar-refractivity contribution in [3.05, 3.63) is 0 Å². The maximum atomic E-state index is 9.63. The zero-order valence-electron chi connectivity index (χ0n) is 9.84. The second-order valence-electron chi connectivity index (χ2n) is 4.53. The van der Waals surface area contributed by atoms with Crippen LogP contribution in [-0.4, -0.2) is 64.4 Å². The summed E-state index contributed by atoms with van der Waals surface area (Å²) in [6, 6.07) is 0. The fourth-order valence-electron chi connectivity index (χ4n) is 1.95. The Balaban J connectivity index is 1.90. The van der Waals surface area contributed by atoms with Crippen molar-refractivity contribution in [3.8, 4) is 0 Å². The van der Waals surface area contributed by atoms with Gasteiger partial charge < -0.3 is 19.7 Å². The summed E-state index contributed by atoms with van der Waals surface area (Å²) < 4.78 is 11.3. The van der Waals surface area contributed by atoms with Gasteiger partial charge in [-0.15, -0.1) is 11.8 Å². The molecule has 2 aliphatic rings. The van der Waals surface area contributed by atoms with Gasteiger partial charge in [0.25, 0.3) is 0 Å². The average molecular weight is 280 g/mol. The molecule has 0 aromatic rings. The average Bonchev–Trinajstić information content (AvgIpc) is 2.32. The molecule has 2 N–H and O–H groups in total. The Morgan fingerprint density at radius 3 is 2.71 bits per heavy atom. The molecule has 0 aromatic carbocycles. The molecule has 0 aliphatic carbocycles. The van der Waals surface area contributed by atoms with E-state index in [2.05, 4.69) is 0 Å². The van der Waals surface area contributed by atoms with Crippen molar-refractivity contribution in [2.75, 3.05) is 37.1 Å². The zero-order chi connectivity index (χ0) is 12.1. The van der Waals surface area contributed by atoms with Crippen molar-refractivity contribution in [1.82, 2.24) is 0 Å². The molecule has 0 amide bonds. The molecule has 0 radical (unpaired) electrons. The van der Waals surface area contributed by atoms with Crippen LogP contribution in [0, 0.1) is 0 Å². The molecule has 3 atom stereocenters. The quantitative estimate of drug-likeness (QED) is 0.681. The smallest absolute Gasteiger partial charge is 0.137 e. The Bertz CT molecular complexity index is 232. The van der Waals surface area contributed by atoms with E-state index in [9.17, 15) is 10.2 Å². The maximum Gasteiger partial charge on any atom is 0.137 e. The topological polar surface area (TPSA) is 58.9 Å². The van der Waals surface area contributed by atoms with E-state index >= 15 is 0 Å². The van der Waals surface area contributed by atoms with Gasteiger partial charge in [0.2, 0.25) is 0 Å². The summed E-state index contributed by atoms with van der Waals surface area (Å²) in [7, 11) is 0. The first-order chi connectivity index (χ1) is 8.20. The van der Waals surface area contributed by atoms with Crippen LogP contribution >= 0.6 is 23.5 Å². The van der Waals surface area contributed by atoms with E-state index < -0.39 is 0 Å². The summed E-state index contributed by atoms with van der Waals surface area (Å²) in [5.41, 5.74) is 0. The predicted molar refractivity (Wildman–Crippen MR) is 70.5 cm³/mol. The molecule has 2 heterocycles. The molecule has 100 valence electrons. The minimum Gasteiger partial charge on any atom is -0.390 e. The van der Waals surface area contributed by atoms with Crippen molar-refractivity contribution >= 4 is 23.5 Å². The molecular formula is C11H20O4S2. The Kier molecular flexibility index (Phi) is 5.45. The first-order valence-corrected chi connectivity index (χ1v) is 8.14. The molecule has 0 aromatic heterocycles. The standard InChI is InChI=1S/C11H20O4S2/c12-9-4-14-8-11(2-1-3-16-6-9)15-5-10(13)7-17-11/h9-10,12-13H,1-8H2. The van der Waals surface area contributed by atoms with Crippen LogP contribution in [0.15, 0.2) is 0 Å². The van der Waals surface area contributed by atoms with Crippen molar-refractivity contribution in [3.63, 3.8) is 0 Å². The molecular weight excluding hydrogens is 260 g/mol. The fraction of sp³-hybridized carbons (Fsp3) is 1.00. The van der Waals surface area contributed by atoms with Gasteiger partial charge in [0.05, 0.1) is 32.0 Å². The highest BCUT2D eigenvalue weighted by molar-refractivity contribution is 8.00. The molecule has 6 heteroatoms. The van der Waals surface area contributed by atoms with Crippen molar-refractivity contribution in [1.29, 1.82) is 0 Å². The lowest BCUT2D eigenvalue weighted by atomic mass is 10.2. The lowest BCUT2D eigenvalue weighted by Gasteiger charge is -2.38. The van der Waals surface area contributed by atoms with Crippen LogP contribution in [0.4, 0.5) is 0 Å². The van der Waals surface area contributed by atoms with E-state index in [1.807, 2.05) is 0 Å². The van der Waals surface area contributed by atoms with Gasteiger partial charge in [-0.3, -0.25) is 0 Å². The molecule has 3 unspecified atom stereocenters. The first kappa shape index (κ1) is 14.0. The Morgan fingerprint density at radius 2 is 1.94 bits per heavy atom. The zero-order valence-corrected chi connectivity index (χ0v) is 11.5. The van der Waals surface area contributed by atoms with Crippen LogP contribution < -0.4 is 0 Å². The summed E-state index contributed by atoms with van der Waals surface area (Å²) >= 11 is 3.41. The van der Waals surface area contributed by atoms with Crippen LogP contribution in [0.2, 0.25) is 0 Å². The van der Waals surface area contributed by atoms with Gasteiger partial charge in [-0.25, -0.2) is 0 Å². The predicted octanol–water partition coefficient (Wildman–Crippen LogP) is 0.712. The third-order valence-corrected chi connectivity index (χ3v) is 5.58. The largest absolute Gasteiger partial charge is 0.390 e. The summed E-state index contributed by atoms with van der Waals surface area (Å²) in [5.74, 6) is 2.50. The van der Waals surface area contributed by atoms with Gasteiger partial charge in [0, 0.05) is 11.5 Å². The molecule has 0 bridgehead atoms. The monoisotopic (exact) mass is 280 g/mol. The number of rotatable bonds is 0. The lowest BCUT2D eigenvalue weighted by Crippen LogP contribution is -2.44. The molecule has 2 fully saturated rings. The van der Waals surface area contributed by atoms with Gasteiger partial charge in [0.1, 0.15) is 4.93 Å². The number of aliphatic hydroxyl groups is 2. The SMILES string of the molecule is OC1COCC2(CCCSC1)OCC(O)CS2. The molecule has 4 nitrogen and oxygen atoms in total. The first-order valence-electron chi connectivity index (χ1n) is 6.00. The molecule has 2 rings (SSSR count). The van der Waals surface area contributed by atoms with Gasteiger partial charge in [-0.2, -0.15) is 11.8 Å². The number of thioether (sulfide) groups is 2. The highest BCUT2D eigenvalue weighted by Crippen LogP contribution is 2.37. The summed E-state index contributed by atoms with van der Waals surface area (Å²) in [5, 5.41) is 19.1. The van der Waals surface area contributed by atoms with Gasteiger partial charge in [-0.05, 0) is 18.6 Å². The normalized spacial score (nSPS) is 41.3. The van der Waals surface area contributed by atoms with Gasteiger partial charge in [0.15, 0.2) is 0 Å². The minimum absolute atomic E-state index is 0.309. The third-order valence-electron chi connectivity index (χ3n) is 2.87. The maximum absolute atomic E-state index is 9.63. The third kappa shape index (κ3) is 4.29. The van der Waals surface area contributed by atoms with E-state index in [4.69, 9.17) is 9.47 Å². The number of hydrogen-bond donors (Lipinski definition) is 2. The number of hydrogen-bond acceptors (Lipinski definition) is 6. The van der Waals surface area contributed by atoms with E-state index in [-0.39, 0.29) is 17.1 Å². The lowest BCUT2D eigenvalue weighted by molar-refractivity contribution is -0.0847. The summed E-state index contributed by atoms with van der Waals surface area (Å²) in [6.45, 7) is 1.28. The van der Waals surface area contributed by atoms with Gasteiger partial charge >= 0.3 is 0 Å². The molecule has 0 saturated carbocycles. The van der Waals surface area contributed by atoms with E-state index in [0.29, 0.717) is 25.6 Å². The fourth-order valence-corrected chi connectivity index (χ4v) is 4.03. The van der Waals surface area contributed by atoms with Crippen LogP contribution in [0.25, 0.3) is 0 Å². The van der Waals surface area contributed by atoms with Crippen LogP contribution in [0.5, 0.6) is 0 Å². The van der Waals surface area contributed by atoms with Crippen LogP contribution in [0.3, 0.4) is 0 Å². The molecule has 1 spiro atoms. The highest BCUT2D eigenvalue weighted by atomic mass is 32.2. The van der Waals surface area contributed by atoms with E-state index in [1.165, 1.54) is 0 Å². The van der Waals surface area contributed by atoms with Crippen molar-refractivity contribution in [2.24, 2.45) is 0 Å². The van der Waals surface area contributed by atoms with Crippen LogP contribution in [0.1, 0.15) is 12.8 Å². The summed E-state index contributed by atoms with van der Waals surface area (Å²) in [6.07, 6.45) is 1.27. The van der Waals surface area contributed by atoms with E-state index in [1.54, 1.807) is 23.5 Å². The number of aliphatic hydroxyl groups excluding tert-OH is 2. The van der Waals surface area contributed by atoms with E-state index in [0.717, 1.165) is 24.3 Å². The molecule has 2 aliphatic heterocycles. The Morgan fingerprint density at radius 1 is 1.12 bits per heavy atom. The van der Waals surface area contributed by atoms with Gasteiger partial charge in [-0.1, -0.05) is 0 Å². The van der Waals surface area contributed by atoms with Crippen LogP contribution in [-0.2, 0) is 9.47 Å². The molecule has 17 heavy (non-hydrogen) atoms. The second-order valence-corrected chi connectivity index (χ2v) is 7.05. The second kappa shape index (κ2) is 6.63. The highest BCUT2D eigenvalue weighted by Gasteiger charge is 2.37. The Labute approximate surface area is 110 Å². The Hall–Kier alpha value is 0.540. The number of ether oxygens (including phenoxy) is 2. The van der Waals surface area contributed by atoms with Crippen molar-refractivity contribution in [2.45, 2.75) is 30.0 Å². The minimum atomic E-state index is -0.380.